The molecule has 1 saturated heterocycles. The molecule has 3 heterocycles. The van der Waals surface area contributed by atoms with Crippen LogP contribution in [0.2, 0.25) is 0 Å². The van der Waals surface area contributed by atoms with Crippen molar-refractivity contribution >= 4 is 17.2 Å². The van der Waals surface area contributed by atoms with Gasteiger partial charge in [0, 0.05) is 30.9 Å². The van der Waals surface area contributed by atoms with E-state index in [1.807, 2.05) is 45.0 Å². The van der Waals surface area contributed by atoms with Crippen molar-refractivity contribution in [2.24, 2.45) is 0 Å². The number of nitrogens with zero attached hydrogens (tertiary/aromatic N) is 3. The van der Waals surface area contributed by atoms with Crippen molar-refractivity contribution < 1.29 is 9.53 Å². The average molecular weight is 446 g/mol. The van der Waals surface area contributed by atoms with Gasteiger partial charge >= 0.3 is 5.97 Å². The largest absolute Gasteiger partial charge is 0.459 e. The summed E-state index contributed by atoms with van der Waals surface area (Å²) in [5.41, 5.74) is 6.65. The molecule has 3 aromatic rings. The highest BCUT2D eigenvalue weighted by Crippen LogP contribution is 2.34. The fourth-order valence-corrected chi connectivity index (χ4v) is 4.85. The van der Waals surface area contributed by atoms with Crippen molar-refractivity contribution in [1.29, 1.82) is 0 Å². The lowest BCUT2D eigenvalue weighted by Gasteiger charge is -2.38. The number of carbonyl (C=O) groups is 1. The Bertz CT molecular complexity index is 1150. The monoisotopic (exact) mass is 445 g/mol. The van der Waals surface area contributed by atoms with Gasteiger partial charge in [-0.15, -0.1) is 0 Å². The summed E-state index contributed by atoms with van der Waals surface area (Å²) in [6.45, 7) is 12.2. The molecule has 0 aliphatic carbocycles. The zero-order chi connectivity index (χ0) is 23.7. The second kappa shape index (κ2) is 9.44. The third-order valence-electron chi connectivity index (χ3n) is 6.70. The normalized spacial score (nSPS) is 14.9. The van der Waals surface area contributed by atoms with E-state index in [1.54, 1.807) is 0 Å². The minimum Gasteiger partial charge on any atom is -0.459 e. The predicted octanol–water partition coefficient (Wildman–Crippen LogP) is 5.48. The Labute approximate surface area is 197 Å². The summed E-state index contributed by atoms with van der Waals surface area (Å²) in [4.78, 5) is 17.8. The van der Waals surface area contributed by atoms with Gasteiger partial charge in [0.25, 0.3) is 0 Å². The molecular weight excluding hydrogens is 410 g/mol. The van der Waals surface area contributed by atoms with E-state index < -0.39 is 0 Å². The van der Waals surface area contributed by atoms with Crippen LogP contribution in [0.1, 0.15) is 48.3 Å². The van der Waals surface area contributed by atoms with E-state index in [-0.39, 0.29) is 12.1 Å². The summed E-state index contributed by atoms with van der Waals surface area (Å²) in [5.74, 6) is -0.287. The van der Waals surface area contributed by atoms with E-state index in [2.05, 4.69) is 59.3 Å². The summed E-state index contributed by atoms with van der Waals surface area (Å²) in [5, 5.41) is 0. The topological polar surface area (TPSA) is 37.2 Å². The predicted molar refractivity (Wildman–Crippen MR) is 135 cm³/mol. The molecule has 0 unspecified atom stereocenters. The van der Waals surface area contributed by atoms with E-state index in [0.29, 0.717) is 11.6 Å². The molecule has 1 aliphatic rings. The molecule has 33 heavy (non-hydrogen) atoms. The number of esters is 1. The van der Waals surface area contributed by atoms with Crippen molar-refractivity contribution in [1.82, 2.24) is 14.2 Å². The zero-order valence-corrected chi connectivity index (χ0v) is 20.5. The van der Waals surface area contributed by atoms with Crippen molar-refractivity contribution in [3.8, 4) is 11.1 Å². The number of pyridine rings is 1. The number of rotatable bonds is 6. The molecule has 0 radical (unpaired) electrons. The summed E-state index contributed by atoms with van der Waals surface area (Å²) >= 11 is 0. The molecule has 0 atom stereocenters. The first-order valence-corrected chi connectivity index (χ1v) is 11.8. The molecule has 0 saturated carbocycles. The molecule has 5 heteroatoms. The van der Waals surface area contributed by atoms with E-state index in [4.69, 9.17) is 4.74 Å². The minimum absolute atomic E-state index is 0.176. The second-order valence-electron chi connectivity index (χ2n) is 9.46. The molecule has 1 aliphatic heterocycles. The lowest BCUT2D eigenvalue weighted by molar-refractivity contribution is 0.0377. The SMILES string of the molecule is C=C(c1c(C)c(C(=O)OC(C)C)cc2c(-c3ccccc3)ccn12)N1CCC(N(C)C)CC1. The van der Waals surface area contributed by atoms with Crippen molar-refractivity contribution in [3.63, 3.8) is 0 Å². The Balaban J connectivity index is 1.82. The van der Waals surface area contributed by atoms with Crippen LogP contribution < -0.4 is 0 Å². The number of benzene rings is 1. The zero-order valence-electron chi connectivity index (χ0n) is 20.5. The summed E-state index contributed by atoms with van der Waals surface area (Å²) in [6, 6.07) is 15.0. The maximum Gasteiger partial charge on any atom is 0.338 e. The Morgan fingerprint density at radius 1 is 1.12 bits per heavy atom. The molecule has 1 aromatic carbocycles. The molecule has 0 amide bonds. The van der Waals surface area contributed by atoms with Crippen LogP contribution in [0.4, 0.5) is 0 Å². The van der Waals surface area contributed by atoms with E-state index in [9.17, 15) is 4.79 Å². The Morgan fingerprint density at radius 2 is 1.79 bits per heavy atom. The van der Waals surface area contributed by atoms with Crippen LogP contribution in [-0.2, 0) is 4.74 Å². The molecule has 1 fully saturated rings. The lowest BCUT2D eigenvalue weighted by Crippen LogP contribution is -2.41. The molecule has 2 aromatic heterocycles. The fourth-order valence-electron chi connectivity index (χ4n) is 4.85. The average Bonchev–Trinajstić information content (AvgIpc) is 3.22. The van der Waals surface area contributed by atoms with Gasteiger partial charge in [-0.25, -0.2) is 4.79 Å². The Morgan fingerprint density at radius 3 is 2.39 bits per heavy atom. The van der Waals surface area contributed by atoms with Crippen LogP contribution in [0.5, 0.6) is 0 Å². The van der Waals surface area contributed by atoms with Gasteiger partial charge in [-0.3, -0.25) is 0 Å². The number of carbonyl (C=O) groups excluding carboxylic acids is 1. The third-order valence-corrected chi connectivity index (χ3v) is 6.70. The first kappa shape index (κ1) is 23.1. The summed E-state index contributed by atoms with van der Waals surface area (Å²) in [6.07, 6.45) is 4.12. The number of fused-ring (bicyclic) bond motifs is 1. The number of aromatic nitrogens is 1. The number of likely N-dealkylation sites (tertiary alicyclic amines) is 1. The van der Waals surface area contributed by atoms with Gasteiger partial charge in [0.15, 0.2) is 0 Å². The first-order valence-electron chi connectivity index (χ1n) is 11.8. The van der Waals surface area contributed by atoms with E-state index >= 15 is 0 Å². The van der Waals surface area contributed by atoms with Gasteiger partial charge in [0.1, 0.15) is 0 Å². The van der Waals surface area contributed by atoms with Crippen LogP contribution in [0, 0.1) is 6.92 Å². The van der Waals surface area contributed by atoms with Gasteiger partial charge in [0.05, 0.1) is 28.6 Å². The molecule has 0 spiro atoms. The minimum atomic E-state index is -0.287. The van der Waals surface area contributed by atoms with Gasteiger partial charge in [-0.1, -0.05) is 36.9 Å². The van der Waals surface area contributed by atoms with E-state index in [1.165, 1.54) is 0 Å². The Hall–Kier alpha value is -3.05. The third kappa shape index (κ3) is 4.55. The quantitative estimate of drug-likeness (QED) is 0.471. The van der Waals surface area contributed by atoms with Crippen LogP contribution in [-0.4, -0.2) is 59.5 Å². The smallest absolute Gasteiger partial charge is 0.338 e. The van der Waals surface area contributed by atoms with Crippen molar-refractivity contribution in [2.45, 2.75) is 45.8 Å². The number of ether oxygens (including phenoxy) is 1. The van der Waals surface area contributed by atoms with Crippen molar-refractivity contribution in [2.75, 3.05) is 27.2 Å². The molecule has 5 nitrogen and oxygen atoms in total. The number of piperidine rings is 1. The number of hydrogen-bond acceptors (Lipinski definition) is 4. The van der Waals surface area contributed by atoms with Crippen LogP contribution >= 0.6 is 0 Å². The lowest BCUT2D eigenvalue weighted by atomic mass is 9.99. The van der Waals surface area contributed by atoms with Crippen LogP contribution in [0.3, 0.4) is 0 Å². The maximum atomic E-state index is 13.1. The highest BCUT2D eigenvalue weighted by atomic mass is 16.5. The molecule has 0 N–H and O–H groups in total. The number of hydrogen-bond donors (Lipinski definition) is 0. The molecule has 0 bridgehead atoms. The molecule has 4 rings (SSSR count). The van der Waals surface area contributed by atoms with Crippen LogP contribution in [0.15, 0.2) is 55.2 Å². The fraction of sp³-hybridized carbons (Fsp3) is 0.393. The standard InChI is InChI=1S/C28H35N3O2/c1-19(2)33-28(32)25-18-26-24(22-10-8-7-9-11-22)14-17-31(26)27(20(25)3)21(4)30-15-12-23(13-16-30)29(5)6/h7-11,14,17-19,23H,4,12-13,15-16H2,1-3,5-6H3. The Kier molecular flexibility index (Phi) is 6.61. The van der Waals surface area contributed by atoms with Gasteiger partial charge in [-0.2, -0.15) is 0 Å². The highest BCUT2D eigenvalue weighted by Gasteiger charge is 2.26. The first-order chi connectivity index (χ1) is 15.8. The molecule has 174 valence electrons. The maximum absolute atomic E-state index is 13.1. The van der Waals surface area contributed by atoms with Crippen molar-refractivity contribution in [3.05, 3.63) is 72.1 Å². The summed E-state index contributed by atoms with van der Waals surface area (Å²) < 4.78 is 7.80. The molecular formula is C28H35N3O2. The van der Waals surface area contributed by atoms with Gasteiger partial charge < -0.3 is 18.9 Å². The second-order valence-corrected chi connectivity index (χ2v) is 9.46. The van der Waals surface area contributed by atoms with Gasteiger partial charge in [-0.05, 0) is 71.0 Å². The highest BCUT2D eigenvalue weighted by molar-refractivity contribution is 5.96. The van der Waals surface area contributed by atoms with Gasteiger partial charge in [0.2, 0.25) is 0 Å². The van der Waals surface area contributed by atoms with Crippen LogP contribution in [0.25, 0.3) is 22.3 Å². The summed E-state index contributed by atoms with van der Waals surface area (Å²) in [7, 11) is 4.30. The van der Waals surface area contributed by atoms with E-state index in [0.717, 1.165) is 59.5 Å².